The van der Waals surface area contributed by atoms with Gasteiger partial charge in [0, 0.05) is 16.2 Å². The number of nitrogens with one attached hydrogen (secondary N) is 1. The van der Waals surface area contributed by atoms with Crippen molar-refractivity contribution in [1.29, 1.82) is 0 Å². The summed E-state index contributed by atoms with van der Waals surface area (Å²) in [6.07, 6.45) is 0. The number of hydrogen-bond donors (Lipinski definition) is 1. The molecule has 100 valence electrons. The number of fused-ring (bicyclic) bond motifs is 1. The zero-order valence-electron chi connectivity index (χ0n) is 10.6. The molecular weight excluding hydrogens is 288 g/mol. The molecule has 1 atom stereocenters. The molecule has 3 aromatic rings. The van der Waals surface area contributed by atoms with E-state index in [0.717, 1.165) is 22.3 Å². The number of aromatic nitrogens is 3. The maximum atomic E-state index is 4.32. The number of nitrogens with zero attached hydrogens (tertiary/aromatic N) is 3. The van der Waals surface area contributed by atoms with Crippen LogP contribution in [0.3, 0.4) is 0 Å². The summed E-state index contributed by atoms with van der Waals surface area (Å²) in [5.41, 5.74) is 4.60. The number of thiophene rings is 1. The van der Waals surface area contributed by atoms with Crippen LogP contribution in [0.5, 0.6) is 0 Å². The van der Waals surface area contributed by atoms with Gasteiger partial charge in [0.25, 0.3) is 0 Å². The van der Waals surface area contributed by atoms with Crippen molar-refractivity contribution in [3.8, 4) is 11.4 Å². The predicted octanol–water partition coefficient (Wildman–Crippen LogP) is 3.40. The summed E-state index contributed by atoms with van der Waals surface area (Å²) in [5, 5.41) is 11.6. The lowest BCUT2D eigenvalue weighted by atomic mass is 10.2. The highest BCUT2D eigenvalue weighted by molar-refractivity contribution is 7.99. The fraction of sp³-hybridized carbons (Fsp3) is 0.143. The third-order valence-corrected chi connectivity index (χ3v) is 5.22. The molecule has 1 unspecified atom stereocenters. The van der Waals surface area contributed by atoms with Gasteiger partial charge in [0.1, 0.15) is 0 Å². The largest absolute Gasteiger partial charge is 0.313 e. The third kappa shape index (κ3) is 2.01. The van der Waals surface area contributed by atoms with E-state index in [1.165, 1.54) is 4.88 Å². The molecule has 1 N–H and O–H groups in total. The van der Waals surface area contributed by atoms with Crippen LogP contribution in [-0.4, -0.2) is 20.6 Å². The Labute approximate surface area is 124 Å². The van der Waals surface area contributed by atoms with E-state index >= 15 is 0 Å². The summed E-state index contributed by atoms with van der Waals surface area (Å²) >= 11 is 3.52. The Kier molecular flexibility index (Phi) is 2.97. The molecule has 0 amide bonds. The minimum atomic E-state index is 0.311. The molecule has 0 aliphatic carbocycles. The van der Waals surface area contributed by atoms with Gasteiger partial charge < -0.3 is 5.43 Å². The minimum Gasteiger partial charge on any atom is -0.313 e. The van der Waals surface area contributed by atoms with E-state index in [1.807, 2.05) is 22.9 Å². The summed E-state index contributed by atoms with van der Waals surface area (Å²) in [7, 11) is 0. The molecule has 0 radical (unpaired) electrons. The van der Waals surface area contributed by atoms with Crippen molar-refractivity contribution in [2.45, 2.75) is 11.2 Å². The monoisotopic (exact) mass is 300 g/mol. The molecule has 1 aliphatic rings. The molecule has 1 aromatic carbocycles. The first kappa shape index (κ1) is 12.0. The average Bonchev–Trinajstić information content (AvgIpc) is 3.17. The van der Waals surface area contributed by atoms with E-state index in [2.05, 4.69) is 45.3 Å². The van der Waals surface area contributed by atoms with Gasteiger partial charge in [-0.05, 0) is 11.4 Å². The minimum absolute atomic E-state index is 0.311. The second kappa shape index (κ2) is 4.96. The molecule has 0 spiro atoms. The average molecular weight is 300 g/mol. The fourth-order valence-electron chi connectivity index (χ4n) is 2.24. The molecule has 0 saturated heterocycles. The first-order valence-corrected chi connectivity index (χ1v) is 8.22. The summed E-state index contributed by atoms with van der Waals surface area (Å²) in [6, 6.07) is 14.7. The number of hydrogen-bond acceptors (Lipinski definition) is 5. The van der Waals surface area contributed by atoms with E-state index in [9.17, 15) is 0 Å². The smallest absolute Gasteiger partial charge is 0.210 e. The summed E-state index contributed by atoms with van der Waals surface area (Å²) in [5.74, 6) is 1.85. The van der Waals surface area contributed by atoms with Gasteiger partial charge in [-0.2, -0.15) is 0 Å². The SMILES string of the molecule is c1ccc(-c2nnc3n2NC(c2cccs2)CS3)cc1. The third-order valence-electron chi connectivity index (χ3n) is 3.22. The molecule has 0 bridgehead atoms. The number of thioether (sulfide) groups is 1. The van der Waals surface area contributed by atoms with Crippen molar-refractivity contribution in [2.75, 3.05) is 11.2 Å². The summed E-state index contributed by atoms with van der Waals surface area (Å²) in [6.45, 7) is 0. The van der Waals surface area contributed by atoms with E-state index in [4.69, 9.17) is 0 Å². The van der Waals surface area contributed by atoms with Crippen molar-refractivity contribution >= 4 is 23.1 Å². The first-order valence-electron chi connectivity index (χ1n) is 6.35. The molecule has 4 rings (SSSR count). The molecule has 0 fully saturated rings. The molecule has 20 heavy (non-hydrogen) atoms. The maximum Gasteiger partial charge on any atom is 0.210 e. The van der Waals surface area contributed by atoms with Crippen LogP contribution in [0.1, 0.15) is 10.9 Å². The molecule has 6 heteroatoms. The lowest BCUT2D eigenvalue weighted by molar-refractivity contribution is 0.669. The Balaban J connectivity index is 1.72. The van der Waals surface area contributed by atoms with Crippen LogP contribution >= 0.6 is 23.1 Å². The van der Waals surface area contributed by atoms with Crippen LogP contribution < -0.4 is 5.43 Å². The van der Waals surface area contributed by atoms with Gasteiger partial charge in [0.05, 0.1) is 6.04 Å². The van der Waals surface area contributed by atoms with Gasteiger partial charge in [-0.1, -0.05) is 48.2 Å². The van der Waals surface area contributed by atoms with E-state index in [-0.39, 0.29) is 0 Å². The van der Waals surface area contributed by atoms with Crippen molar-refractivity contribution in [2.24, 2.45) is 0 Å². The molecule has 4 nitrogen and oxygen atoms in total. The van der Waals surface area contributed by atoms with Crippen LogP contribution in [-0.2, 0) is 0 Å². The zero-order chi connectivity index (χ0) is 13.4. The Bertz CT molecular complexity index is 706. The second-order valence-corrected chi connectivity index (χ2v) is 6.48. The topological polar surface area (TPSA) is 42.7 Å². The summed E-state index contributed by atoms with van der Waals surface area (Å²) < 4.78 is 2.01. The fourth-order valence-corrected chi connectivity index (χ4v) is 4.05. The maximum absolute atomic E-state index is 4.32. The molecule has 1 aliphatic heterocycles. The van der Waals surface area contributed by atoms with Gasteiger partial charge in [0.15, 0.2) is 5.82 Å². The van der Waals surface area contributed by atoms with Gasteiger partial charge in [-0.25, -0.2) is 4.68 Å². The van der Waals surface area contributed by atoms with Crippen LogP contribution in [0.25, 0.3) is 11.4 Å². The van der Waals surface area contributed by atoms with Crippen molar-refractivity contribution in [3.05, 3.63) is 52.7 Å². The molecular formula is C14H12N4S2. The molecule has 0 saturated carbocycles. The lowest BCUT2D eigenvalue weighted by Crippen LogP contribution is -2.27. The van der Waals surface area contributed by atoms with Crippen LogP contribution in [0, 0.1) is 0 Å². The lowest BCUT2D eigenvalue weighted by Gasteiger charge is -2.25. The highest BCUT2D eigenvalue weighted by Gasteiger charge is 2.24. The quantitative estimate of drug-likeness (QED) is 0.787. The normalized spacial score (nSPS) is 17.5. The Morgan fingerprint density at radius 2 is 2.00 bits per heavy atom. The predicted molar refractivity (Wildman–Crippen MR) is 82.6 cm³/mol. The van der Waals surface area contributed by atoms with Crippen molar-refractivity contribution in [3.63, 3.8) is 0 Å². The van der Waals surface area contributed by atoms with Crippen molar-refractivity contribution < 1.29 is 0 Å². The van der Waals surface area contributed by atoms with Gasteiger partial charge in [0.2, 0.25) is 5.16 Å². The van der Waals surface area contributed by atoms with E-state index < -0.39 is 0 Å². The molecule has 3 heterocycles. The zero-order valence-corrected chi connectivity index (χ0v) is 12.2. The number of benzene rings is 1. The Morgan fingerprint density at radius 3 is 2.80 bits per heavy atom. The van der Waals surface area contributed by atoms with Crippen LogP contribution in [0.2, 0.25) is 0 Å². The van der Waals surface area contributed by atoms with Gasteiger partial charge >= 0.3 is 0 Å². The van der Waals surface area contributed by atoms with E-state index in [1.54, 1.807) is 23.1 Å². The molecule has 2 aromatic heterocycles. The van der Waals surface area contributed by atoms with Gasteiger partial charge in [-0.15, -0.1) is 21.5 Å². The Hall–Kier alpha value is -1.79. The Morgan fingerprint density at radius 1 is 1.10 bits per heavy atom. The van der Waals surface area contributed by atoms with Crippen LogP contribution in [0.15, 0.2) is 53.0 Å². The van der Waals surface area contributed by atoms with Gasteiger partial charge in [-0.3, -0.25) is 0 Å². The number of rotatable bonds is 2. The van der Waals surface area contributed by atoms with E-state index in [0.29, 0.717) is 6.04 Å². The highest BCUT2D eigenvalue weighted by atomic mass is 32.2. The first-order chi connectivity index (χ1) is 9.92. The summed E-state index contributed by atoms with van der Waals surface area (Å²) in [4.78, 5) is 1.34. The highest BCUT2D eigenvalue weighted by Crippen LogP contribution is 2.33. The van der Waals surface area contributed by atoms with Crippen molar-refractivity contribution in [1.82, 2.24) is 14.9 Å². The second-order valence-electron chi connectivity index (χ2n) is 4.52. The van der Waals surface area contributed by atoms with Crippen LogP contribution in [0.4, 0.5) is 0 Å². The standard InChI is InChI=1S/C14H12N4S2/c1-2-5-10(6-3-1)13-15-16-14-18(13)17-11(9-20-14)12-7-4-8-19-12/h1-8,11,17H,9H2.